The third-order valence-corrected chi connectivity index (χ3v) is 3.96. The molecule has 3 nitrogen and oxygen atoms in total. The molecule has 0 radical (unpaired) electrons. The van der Waals surface area contributed by atoms with Gasteiger partial charge in [-0.05, 0) is 18.9 Å². The van der Waals surface area contributed by atoms with Crippen molar-refractivity contribution >= 4 is 0 Å². The van der Waals surface area contributed by atoms with E-state index in [4.69, 9.17) is 15.7 Å². The first-order valence-electron chi connectivity index (χ1n) is 5.84. The zero-order chi connectivity index (χ0) is 12.9. The number of ether oxygens (including phenoxy) is 1. The van der Waals surface area contributed by atoms with Crippen molar-refractivity contribution in [1.29, 1.82) is 5.26 Å². The highest BCUT2D eigenvalue weighted by atomic mass is 19.2. The summed E-state index contributed by atoms with van der Waals surface area (Å²) < 4.78 is 32.0. The summed E-state index contributed by atoms with van der Waals surface area (Å²) in [6.45, 7) is 0.422. The molecule has 2 atom stereocenters. The Labute approximate surface area is 103 Å². The SMILES string of the molecule is N#C[C@@H](N)C1c2cc(F)c(F)cc2OCC12CC2. The topological polar surface area (TPSA) is 59.0 Å². The Balaban J connectivity index is 2.13. The second-order valence-corrected chi connectivity index (χ2v) is 5.09. The predicted molar refractivity (Wildman–Crippen MR) is 59.8 cm³/mol. The number of hydrogen-bond donors (Lipinski definition) is 1. The Bertz CT molecular complexity index is 549. The molecule has 1 aromatic rings. The highest BCUT2D eigenvalue weighted by Crippen LogP contribution is 2.60. The number of nitriles is 1. The number of nitrogens with two attached hydrogens (primary N) is 1. The van der Waals surface area contributed by atoms with Crippen LogP contribution in [0.2, 0.25) is 0 Å². The number of nitrogens with zero attached hydrogens (tertiary/aromatic N) is 1. The van der Waals surface area contributed by atoms with Gasteiger partial charge in [0, 0.05) is 23.0 Å². The second-order valence-electron chi connectivity index (χ2n) is 5.09. The molecule has 2 aliphatic rings. The van der Waals surface area contributed by atoms with E-state index < -0.39 is 17.7 Å². The average molecular weight is 250 g/mol. The van der Waals surface area contributed by atoms with Crippen LogP contribution in [0.4, 0.5) is 8.78 Å². The lowest BCUT2D eigenvalue weighted by atomic mass is 9.77. The summed E-state index contributed by atoms with van der Waals surface area (Å²) in [5.74, 6) is -1.83. The van der Waals surface area contributed by atoms with Crippen LogP contribution in [0.3, 0.4) is 0 Å². The molecule has 0 amide bonds. The van der Waals surface area contributed by atoms with E-state index in [0.717, 1.165) is 25.0 Å². The quantitative estimate of drug-likeness (QED) is 0.830. The lowest BCUT2D eigenvalue weighted by Gasteiger charge is -2.35. The van der Waals surface area contributed by atoms with E-state index in [1.165, 1.54) is 0 Å². The molecule has 18 heavy (non-hydrogen) atoms. The Morgan fingerprint density at radius 1 is 1.39 bits per heavy atom. The number of benzene rings is 1. The highest BCUT2D eigenvalue weighted by molar-refractivity contribution is 5.44. The molecule has 1 heterocycles. The molecular weight excluding hydrogens is 238 g/mol. The fourth-order valence-corrected chi connectivity index (χ4v) is 2.82. The normalized spacial score (nSPS) is 24.9. The molecule has 1 aliphatic heterocycles. The molecule has 1 fully saturated rings. The van der Waals surface area contributed by atoms with Crippen molar-refractivity contribution < 1.29 is 13.5 Å². The molecule has 5 heteroatoms. The molecule has 0 aromatic heterocycles. The third-order valence-electron chi connectivity index (χ3n) is 3.96. The van der Waals surface area contributed by atoms with Crippen molar-refractivity contribution in [3.8, 4) is 11.8 Å². The number of fused-ring (bicyclic) bond motifs is 1. The van der Waals surface area contributed by atoms with E-state index in [1.807, 2.05) is 6.07 Å². The van der Waals surface area contributed by atoms with Gasteiger partial charge in [-0.15, -0.1) is 0 Å². The van der Waals surface area contributed by atoms with E-state index in [-0.39, 0.29) is 11.3 Å². The summed E-state index contributed by atoms with van der Waals surface area (Å²) in [5, 5.41) is 9.01. The number of hydrogen-bond acceptors (Lipinski definition) is 3. The largest absolute Gasteiger partial charge is 0.493 e. The van der Waals surface area contributed by atoms with Crippen molar-refractivity contribution in [2.45, 2.75) is 24.8 Å². The molecule has 1 spiro atoms. The van der Waals surface area contributed by atoms with Gasteiger partial charge in [0.2, 0.25) is 0 Å². The molecule has 1 aliphatic carbocycles. The molecule has 1 unspecified atom stereocenters. The highest BCUT2D eigenvalue weighted by Gasteiger charge is 2.55. The van der Waals surface area contributed by atoms with Crippen LogP contribution in [0.15, 0.2) is 12.1 Å². The van der Waals surface area contributed by atoms with Crippen LogP contribution in [0.5, 0.6) is 5.75 Å². The molecule has 1 aromatic carbocycles. The van der Waals surface area contributed by atoms with Crippen LogP contribution in [0, 0.1) is 28.4 Å². The van der Waals surface area contributed by atoms with E-state index in [9.17, 15) is 8.78 Å². The third kappa shape index (κ3) is 1.49. The van der Waals surface area contributed by atoms with Gasteiger partial charge in [0.1, 0.15) is 11.8 Å². The van der Waals surface area contributed by atoms with Crippen LogP contribution < -0.4 is 10.5 Å². The Morgan fingerprint density at radius 2 is 2.06 bits per heavy atom. The van der Waals surface area contributed by atoms with Crippen LogP contribution in [0.25, 0.3) is 0 Å². The molecular formula is C13H12F2N2O. The maximum atomic E-state index is 13.4. The molecule has 2 N–H and O–H groups in total. The van der Waals surface area contributed by atoms with Crippen LogP contribution >= 0.6 is 0 Å². The summed E-state index contributed by atoms with van der Waals surface area (Å²) in [7, 11) is 0. The fourth-order valence-electron chi connectivity index (χ4n) is 2.82. The first-order chi connectivity index (χ1) is 8.57. The van der Waals surface area contributed by atoms with Gasteiger partial charge in [0.05, 0.1) is 12.7 Å². The zero-order valence-corrected chi connectivity index (χ0v) is 9.62. The summed E-state index contributed by atoms with van der Waals surface area (Å²) in [4.78, 5) is 0. The van der Waals surface area contributed by atoms with E-state index >= 15 is 0 Å². The maximum absolute atomic E-state index is 13.4. The van der Waals surface area contributed by atoms with Gasteiger partial charge in [-0.3, -0.25) is 0 Å². The van der Waals surface area contributed by atoms with Crippen molar-refractivity contribution in [3.05, 3.63) is 29.3 Å². The first-order valence-corrected chi connectivity index (χ1v) is 5.84. The monoisotopic (exact) mass is 250 g/mol. The zero-order valence-electron chi connectivity index (χ0n) is 9.62. The van der Waals surface area contributed by atoms with E-state index in [1.54, 1.807) is 0 Å². The minimum Gasteiger partial charge on any atom is -0.493 e. The molecule has 3 rings (SSSR count). The summed E-state index contributed by atoms with van der Waals surface area (Å²) in [6.07, 6.45) is 1.82. The standard InChI is InChI=1S/C13H12F2N2O/c14-8-3-7-11(4-9(8)15)18-6-13(1-2-13)12(7)10(17)5-16/h3-4,10,12H,1-2,6,17H2/t10-,12?/m1/s1. The summed E-state index contributed by atoms with van der Waals surface area (Å²) in [5.41, 5.74) is 6.19. The van der Waals surface area contributed by atoms with Gasteiger partial charge in [-0.25, -0.2) is 8.78 Å². The molecule has 0 bridgehead atoms. The molecule has 94 valence electrons. The summed E-state index contributed by atoms with van der Waals surface area (Å²) in [6, 6.07) is 3.44. The van der Waals surface area contributed by atoms with Crippen molar-refractivity contribution in [3.63, 3.8) is 0 Å². The van der Waals surface area contributed by atoms with Gasteiger partial charge in [-0.2, -0.15) is 5.26 Å². The van der Waals surface area contributed by atoms with Gasteiger partial charge in [-0.1, -0.05) is 0 Å². The Morgan fingerprint density at radius 3 is 2.67 bits per heavy atom. The first kappa shape index (κ1) is 11.4. The smallest absolute Gasteiger partial charge is 0.162 e. The average Bonchev–Trinajstić information content (AvgIpc) is 3.11. The van der Waals surface area contributed by atoms with Crippen molar-refractivity contribution in [2.24, 2.45) is 11.1 Å². The van der Waals surface area contributed by atoms with Crippen molar-refractivity contribution in [2.75, 3.05) is 6.61 Å². The number of halogens is 2. The fraction of sp³-hybridized carbons (Fsp3) is 0.462. The Hall–Kier alpha value is -1.67. The minimum atomic E-state index is -0.940. The maximum Gasteiger partial charge on any atom is 0.162 e. The lowest BCUT2D eigenvalue weighted by Crippen LogP contribution is -2.39. The van der Waals surface area contributed by atoms with Crippen LogP contribution in [-0.2, 0) is 0 Å². The van der Waals surface area contributed by atoms with E-state index in [2.05, 4.69) is 0 Å². The van der Waals surface area contributed by atoms with Gasteiger partial charge >= 0.3 is 0 Å². The lowest BCUT2D eigenvalue weighted by molar-refractivity contribution is 0.168. The second kappa shape index (κ2) is 3.66. The minimum absolute atomic E-state index is 0.160. The van der Waals surface area contributed by atoms with Gasteiger partial charge in [0.25, 0.3) is 0 Å². The van der Waals surface area contributed by atoms with Crippen LogP contribution in [-0.4, -0.2) is 12.6 Å². The van der Waals surface area contributed by atoms with Crippen molar-refractivity contribution in [1.82, 2.24) is 0 Å². The van der Waals surface area contributed by atoms with E-state index in [0.29, 0.717) is 17.9 Å². The molecule has 0 saturated heterocycles. The van der Waals surface area contributed by atoms with Gasteiger partial charge < -0.3 is 10.5 Å². The van der Waals surface area contributed by atoms with Crippen LogP contribution in [0.1, 0.15) is 24.3 Å². The number of rotatable bonds is 1. The molecule has 1 saturated carbocycles. The van der Waals surface area contributed by atoms with Gasteiger partial charge in [0.15, 0.2) is 11.6 Å². The summed E-state index contributed by atoms with van der Waals surface area (Å²) >= 11 is 0. The Kier molecular flexibility index (Phi) is 2.32. The predicted octanol–water partition coefficient (Wildman–Crippen LogP) is 2.07.